The number of nitrogen functional groups attached to an aromatic ring is 1. The van der Waals surface area contributed by atoms with Crippen LogP contribution in [0.25, 0.3) is 11.1 Å². The van der Waals surface area contributed by atoms with Gasteiger partial charge in [0.1, 0.15) is 0 Å². The molecule has 3 aromatic rings. The van der Waals surface area contributed by atoms with Crippen molar-refractivity contribution in [3.05, 3.63) is 90.0 Å². The number of terminal acetylenes is 1. The highest BCUT2D eigenvalue weighted by Crippen LogP contribution is 2.17. The molecule has 0 aliphatic heterocycles. The molecule has 0 amide bonds. The highest BCUT2D eigenvalue weighted by molar-refractivity contribution is 5.96. The second-order valence-electron chi connectivity index (χ2n) is 5.13. The van der Waals surface area contributed by atoms with E-state index in [-0.39, 0.29) is 5.69 Å². The van der Waals surface area contributed by atoms with Crippen LogP contribution in [-0.4, -0.2) is 13.1 Å². The maximum atomic E-state index is 11.1. The van der Waals surface area contributed by atoms with Gasteiger partial charge in [0.05, 0.1) is 18.4 Å². The Balaban J connectivity index is 0.000000181. The van der Waals surface area contributed by atoms with Gasteiger partial charge in [0.15, 0.2) is 0 Å². The molecule has 3 aromatic carbocycles. The van der Waals surface area contributed by atoms with E-state index in [4.69, 9.17) is 12.2 Å². The fourth-order valence-corrected chi connectivity index (χ4v) is 2.24. The molecule has 2 N–H and O–H groups in total. The number of hydrogen-bond donors (Lipinski definition) is 1. The van der Waals surface area contributed by atoms with Crippen LogP contribution >= 0.6 is 0 Å². The van der Waals surface area contributed by atoms with Gasteiger partial charge in [-0.2, -0.15) is 0 Å². The minimum atomic E-state index is -0.477. The standard InChI is InChI=1S/C12H10.C10H9NO2/c1-3-7-11(8-4-1)12-9-5-2-6-10-12;1-3-7-5-4-6-8(9(7)11)10(12)13-2/h1-10H;1,4-6H,11H2,2H3. The smallest absolute Gasteiger partial charge is 0.339 e. The molecule has 0 radical (unpaired) electrons. The summed E-state index contributed by atoms with van der Waals surface area (Å²) in [5, 5.41) is 0. The van der Waals surface area contributed by atoms with Crippen molar-refractivity contribution in [2.75, 3.05) is 12.8 Å². The maximum Gasteiger partial charge on any atom is 0.339 e. The van der Waals surface area contributed by atoms with Crippen molar-refractivity contribution in [3.63, 3.8) is 0 Å². The van der Waals surface area contributed by atoms with Gasteiger partial charge in [-0.1, -0.05) is 72.7 Å². The molecule has 25 heavy (non-hydrogen) atoms. The van der Waals surface area contributed by atoms with E-state index >= 15 is 0 Å². The lowest BCUT2D eigenvalue weighted by atomic mass is 10.1. The number of anilines is 1. The summed E-state index contributed by atoms with van der Waals surface area (Å²) in [5.41, 5.74) is 9.27. The first kappa shape index (κ1) is 17.8. The summed E-state index contributed by atoms with van der Waals surface area (Å²) < 4.78 is 4.53. The summed E-state index contributed by atoms with van der Waals surface area (Å²) in [4.78, 5) is 11.1. The average molecular weight is 329 g/mol. The largest absolute Gasteiger partial charge is 0.465 e. The van der Waals surface area contributed by atoms with Gasteiger partial charge in [0.25, 0.3) is 0 Å². The first-order chi connectivity index (χ1) is 12.2. The average Bonchev–Trinajstić information content (AvgIpc) is 2.69. The highest BCUT2D eigenvalue weighted by Gasteiger charge is 2.10. The van der Waals surface area contributed by atoms with Crippen LogP contribution in [0.3, 0.4) is 0 Å². The Labute approximate surface area is 148 Å². The Morgan fingerprint density at radius 1 is 0.880 bits per heavy atom. The molecule has 3 rings (SSSR count). The predicted molar refractivity (Wildman–Crippen MR) is 102 cm³/mol. The van der Waals surface area contributed by atoms with Crippen LogP contribution in [0, 0.1) is 12.3 Å². The summed E-state index contributed by atoms with van der Waals surface area (Å²) in [5.74, 6) is 1.90. The normalized spacial score (nSPS) is 9.28. The fraction of sp³-hybridized carbons (Fsp3) is 0.0455. The first-order valence-corrected chi connectivity index (χ1v) is 7.71. The van der Waals surface area contributed by atoms with Crippen LogP contribution in [0.2, 0.25) is 0 Å². The first-order valence-electron chi connectivity index (χ1n) is 7.71. The van der Waals surface area contributed by atoms with E-state index in [1.807, 2.05) is 12.1 Å². The summed E-state index contributed by atoms with van der Waals surface area (Å²) in [6.07, 6.45) is 5.18. The topological polar surface area (TPSA) is 52.3 Å². The van der Waals surface area contributed by atoms with Crippen LogP contribution < -0.4 is 5.73 Å². The molecule has 0 aliphatic carbocycles. The summed E-state index contributed by atoms with van der Waals surface area (Å²) in [7, 11) is 1.30. The van der Waals surface area contributed by atoms with Crippen molar-refractivity contribution < 1.29 is 9.53 Å². The third kappa shape index (κ3) is 4.73. The number of rotatable bonds is 2. The zero-order valence-corrected chi connectivity index (χ0v) is 14.0. The lowest BCUT2D eigenvalue weighted by molar-refractivity contribution is 0.0602. The molecule has 3 heteroatoms. The van der Waals surface area contributed by atoms with Crippen molar-refractivity contribution in [3.8, 4) is 23.5 Å². The van der Waals surface area contributed by atoms with Crippen LogP contribution in [-0.2, 0) is 4.74 Å². The molecular formula is C22H19NO2. The van der Waals surface area contributed by atoms with E-state index in [0.29, 0.717) is 11.1 Å². The quantitative estimate of drug-likeness (QED) is 0.431. The number of esters is 1. The molecule has 0 aromatic heterocycles. The number of hydrogen-bond acceptors (Lipinski definition) is 3. The molecule has 0 aliphatic rings. The molecule has 0 heterocycles. The van der Waals surface area contributed by atoms with Gasteiger partial charge < -0.3 is 10.5 Å². The molecule has 0 bridgehead atoms. The Kier molecular flexibility index (Phi) is 6.39. The molecule has 0 saturated heterocycles. The third-order valence-corrected chi connectivity index (χ3v) is 3.55. The highest BCUT2D eigenvalue weighted by atomic mass is 16.5. The van der Waals surface area contributed by atoms with E-state index in [1.54, 1.807) is 18.2 Å². The van der Waals surface area contributed by atoms with Crippen molar-refractivity contribution in [1.82, 2.24) is 0 Å². The molecule has 0 unspecified atom stereocenters. The number of para-hydroxylation sites is 1. The van der Waals surface area contributed by atoms with Gasteiger partial charge >= 0.3 is 5.97 Å². The summed E-state index contributed by atoms with van der Waals surface area (Å²) >= 11 is 0. The zero-order chi connectivity index (χ0) is 18.1. The van der Waals surface area contributed by atoms with Gasteiger partial charge in [-0.3, -0.25) is 0 Å². The summed E-state index contributed by atoms with van der Waals surface area (Å²) in [6.45, 7) is 0. The number of carbonyl (C=O) groups is 1. The predicted octanol–water partition coefficient (Wildman–Crippen LogP) is 4.39. The minimum absolute atomic E-state index is 0.289. The number of methoxy groups -OCH3 is 1. The number of nitrogens with two attached hydrogens (primary N) is 1. The zero-order valence-electron chi connectivity index (χ0n) is 14.0. The fourth-order valence-electron chi connectivity index (χ4n) is 2.24. The van der Waals surface area contributed by atoms with Gasteiger partial charge in [-0.05, 0) is 23.3 Å². The van der Waals surface area contributed by atoms with Gasteiger partial charge in [0, 0.05) is 5.56 Å². The molecule has 124 valence electrons. The van der Waals surface area contributed by atoms with Crippen LogP contribution in [0.4, 0.5) is 5.69 Å². The van der Waals surface area contributed by atoms with Crippen LogP contribution in [0.15, 0.2) is 78.9 Å². The maximum absolute atomic E-state index is 11.1. The Morgan fingerprint density at radius 2 is 1.40 bits per heavy atom. The SMILES string of the molecule is C#Cc1cccc(C(=O)OC)c1N.c1ccc(-c2ccccc2)cc1. The minimum Gasteiger partial charge on any atom is -0.465 e. The second kappa shape index (κ2) is 8.95. The van der Waals surface area contributed by atoms with E-state index in [0.717, 1.165) is 0 Å². The van der Waals surface area contributed by atoms with Crippen molar-refractivity contribution in [2.45, 2.75) is 0 Å². The second-order valence-corrected chi connectivity index (χ2v) is 5.13. The van der Waals surface area contributed by atoms with Crippen LogP contribution in [0.1, 0.15) is 15.9 Å². The molecular weight excluding hydrogens is 310 g/mol. The van der Waals surface area contributed by atoms with Crippen LogP contribution in [0.5, 0.6) is 0 Å². The Morgan fingerprint density at radius 3 is 1.84 bits per heavy atom. The number of benzene rings is 3. The number of ether oxygens (including phenoxy) is 1. The van der Waals surface area contributed by atoms with Crippen molar-refractivity contribution >= 4 is 11.7 Å². The summed E-state index contributed by atoms with van der Waals surface area (Å²) in [6, 6.07) is 25.7. The number of carbonyl (C=O) groups excluding carboxylic acids is 1. The van der Waals surface area contributed by atoms with Gasteiger partial charge in [-0.15, -0.1) is 6.42 Å². The third-order valence-electron chi connectivity index (χ3n) is 3.55. The lowest BCUT2D eigenvalue weighted by Gasteiger charge is -2.04. The molecule has 0 fully saturated rings. The van der Waals surface area contributed by atoms with Gasteiger partial charge in [-0.25, -0.2) is 4.79 Å². The van der Waals surface area contributed by atoms with Gasteiger partial charge in [0.2, 0.25) is 0 Å². The lowest BCUT2D eigenvalue weighted by Crippen LogP contribution is -2.06. The van der Waals surface area contributed by atoms with E-state index < -0.39 is 5.97 Å². The molecule has 0 saturated carbocycles. The molecule has 0 atom stereocenters. The molecule has 0 spiro atoms. The van der Waals surface area contributed by atoms with E-state index in [2.05, 4.69) is 59.2 Å². The van der Waals surface area contributed by atoms with E-state index in [9.17, 15) is 4.79 Å². The van der Waals surface area contributed by atoms with Crippen molar-refractivity contribution in [1.29, 1.82) is 0 Å². The molecule has 3 nitrogen and oxygen atoms in total. The Bertz CT molecular complexity index is 828. The Hall–Kier alpha value is -3.51. The monoisotopic (exact) mass is 329 g/mol. The van der Waals surface area contributed by atoms with E-state index in [1.165, 1.54) is 18.2 Å². The van der Waals surface area contributed by atoms with Crippen molar-refractivity contribution in [2.24, 2.45) is 0 Å².